The van der Waals surface area contributed by atoms with Crippen LogP contribution in [0.2, 0.25) is 0 Å². The fourth-order valence-corrected chi connectivity index (χ4v) is 4.40. The smallest absolute Gasteiger partial charge is 0.344 e. The van der Waals surface area contributed by atoms with Crippen molar-refractivity contribution in [3.63, 3.8) is 0 Å². The highest BCUT2D eigenvalue weighted by atomic mass is 16.5. The van der Waals surface area contributed by atoms with E-state index in [1.54, 1.807) is 13.8 Å². The van der Waals surface area contributed by atoms with Crippen LogP contribution in [0, 0.1) is 6.92 Å². The number of furan rings is 1. The van der Waals surface area contributed by atoms with E-state index in [0.717, 1.165) is 41.7 Å². The zero-order valence-electron chi connectivity index (χ0n) is 19.3. The first-order valence-corrected chi connectivity index (χ1v) is 11.1. The van der Waals surface area contributed by atoms with Crippen LogP contribution in [0.3, 0.4) is 0 Å². The normalized spacial score (nSPS) is 13.6. The van der Waals surface area contributed by atoms with Crippen molar-refractivity contribution in [3.8, 4) is 0 Å². The second-order valence-electron chi connectivity index (χ2n) is 8.02. The molecule has 0 aliphatic carbocycles. The van der Waals surface area contributed by atoms with Crippen molar-refractivity contribution < 1.29 is 23.5 Å². The summed E-state index contributed by atoms with van der Waals surface area (Å²) in [5, 5.41) is 3.47. The van der Waals surface area contributed by atoms with Crippen LogP contribution in [-0.4, -0.2) is 47.2 Å². The van der Waals surface area contributed by atoms with Crippen LogP contribution in [0.1, 0.15) is 68.9 Å². The van der Waals surface area contributed by atoms with E-state index in [4.69, 9.17) is 14.1 Å². The molecule has 8 nitrogen and oxygen atoms in total. The molecule has 1 aliphatic rings. The van der Waals surface area contributed by atoms with E-state index in [0.29, 0.717) is 12.1 Å². The van der Waals surface area contributed by atoms with Gasteiger partial charge in [-0.2, -0.15) is 0 Å². The van der Waals surface area contributed by atoms with Gasteiger partial charge in [0.05, 0.1) is 23.3 Å². The minimum atomic E-state index is -0.714. The molecule has 2 aromatic heterocycles. The topological polar surface area (TPSA) is 102 Å². The number of nitrogens with one attached hydrogen (secondary N) is 1. The molecule has 172 valence electrons. The maximum atomic E-state index is 13.7. The quantitative estimate of drug-likeness (QED) is 0.446. The molecule has 0 saturated carbocycles. The number of Topliss-reactive ketones (excluding diaryl/α,β-unsaturated/α-hetero) is 1. The molecule has 0 saturated heterocycles. The van der Waals surface area contributed by atoms with Crippen molar-refractivity contribution in [1.29, 1.82) is 0 Å². The Hall–Kier alpha value is -3.52. The number of aromatic nitrogens is 1. The van der Waals surface area contributed by atoms with Crippen LogP contribution < -0.4 is 5.32 Å². The summed E-state index contributed by atoms with van der Waals surface area (Å²) in [5.41, 5.74) is 3.06. The van der Waals surface area contributed by atoms with Crippen LogP contribution in [0.15, 0.2) is 28.7 Å². The maximum Gasteiger partial charge on any atom is 0.344 e. The number of pyridine rings is 1. The summed E-state index contributed by atoms with van der Waals surface area (Å²) >= 11 is 0. The third kappa shape index (κ3) is 4.14. The van der Waals surface area contributed by atoms with E-state index in [9.17, 15) is 14.4 Å². The molecule has 1 aromatic carbocycles. The lowest BCUT2D eigenvalue weighted by molar-refractivity contribution is 0.0524. The van der Waals surface area contributed by atoms with Gasteiger partial charge in [0, 0.05) is 36.2 Å². The number of likely N-dealkylation sites (N-methyl/N-ethyl adjacent to an activating group) is 1. The Morgan fingerprint density at radius 3 is 2.61 bits per heavy atom. The molecule has 0 unspecified atom stereocenters. The van der Waals surface area contributed by atoms with Crippen LogP contribution in [0.4, 0.5) is 5.88 Å². The Morgan fingerprint density at radius 2 is 1.91 bits per heavy atom. The molecule has 0 radical (unpaired) electrons. The first-order valence-electron chi connectivity index (χ1n) is 11.1. The third-order valence-corrected chi connectivity index (χ3v) is 5.94. The number of esters is 1. The highest BCUT2D eigenvalue weighted by Gasteiger charge is 2.31. The summed E-state index contributed by atoms with van der Waals surface area (Å²) in [4.78, 5) is 45.6. The fraction of sp³-hybridized carbons (Fsp3) is 0.360. The number of carbonyl (C=O) groups is 3. The molecule has 0 fully saturated rings. The number of anilines is 1. The summed E-state index contributed by atoms with van der Waals surface area (Å²) in [6.45, 7) is 9.15. The van der Waals surface area contributed by atoms with Crippen LogP contribution in [0.25, 0.3) is 10.9 Å². The van der Waals surface area contributed by atoms with Gasteiger partial charge in [-0.1, -0.05) is 25.1 Å². The second kappa shape index (κ2) is 9.15. The summed E-state index contributed by atoms with van der Waals surface area (Å²) in [6, 6.07) is 7.50. The van der Waals surface area contributed by atoms with Crippen LogP contribution in [0.5, 0.6) is 0 Å². The second-order valence-corrected chi connectivity index (χ2v) is 8.02. The molecule has 1 N–H and O–H groups in total. The molecule has 1 amide bonds. The van der Waals surface area contributed by atoms with Gasteiger partial charge in [0.15, 0.2) is 5.78 Å². The lowest BCUT2D eigenvalue weighted by Gasteiger charge is -2.29. The van der Waals surface area contributed by atoms with Crippen molar-refractivity contribution in [1.82, 2.24) is 9.88 Å². The highest BCUT2D eigenvalue weighted by molar-refractivity contribution is 6.16. The van der Waals surface area contributed by atoms with Gasteiger partial charge in [-0.25, -0.2) is 4.79 Å². The Balaban J connectivity index is 1.84. The Kier molecular flexibility index (Phi) is 6.29. The lowest BCUT2D eigenvalue weighted by atomic mass is 9.95. The molecule has 1 aliphatic heterocycles. The van der Waals surface area contributed by atoms with Gasteiger partial charge in [-0.3, -0.25) is 24.8 Å². The van der Waals surface area contributed by atoms with Gasteiger partial charge >= 0.3 is 5.97 Å². The predicted molar refractivity (Wildman–Crippen MR) is 124 cm³/mol. The minimum absolute atomic E-state index is 0.0578. The van der Waals surface area contributed by atoms with Crippen molar-refractivity contribution in [2.75, 3.05) is 25.0 Å². The van der Waals surface area contributed by atoms with E-state index in [2.05, 4.69) is 17.1 Å². The monoisotopic (exact) mass is 449 g/mol. The number of ether oxygens (including phenoxy) is 1. The van der Waals surface area contributed by atoms with Crippen molar-refractivity contribution in [2.45, 2.75) is 40.7 Å². The minimum Gasteiger partial charge on any atom is -0.462 e. The standard InChI is InChI=1S/C25H27N3O5/c1-5-28-12-11-19-17(13-28)21(16-9-7-8-10-18(16)26-19)23(30)27-24-22(25(31)32-6-2)20(14(3)29)15(4)33-24/h7-10H,5-6,11-13H2,1-4H3,(H,27,30). The molecule has 4 rings (SSSR count). The molecule has 0 spiro atoms. The molecule has 3 heterocycles. The predicted octanol–water partition coefficient (Wildman–Crippen LogP) is 4.15. The molecular formula is C25H27N3O5. The fourth-order valence-electron chi connectivity index (χ4n) is 4.40. The average Bonchev–Trinajstić information content (AvgIpc) is 3.12. The molecule has 33 heavy (non-hydrogen) atoms. The van der Waals surface area contributed by atoms with E-state index >= 15 is 0 Å². The SMILES string of the molecule is CCOC(=O)c1c(NC(=O)c2c3c(nc4ccccc24)CCN(CC)C3)oc(C)c1C(C)=O. The van der Waals surface area contributed by atoms with Crippen molar-refractivity contribution in [2.24, 2.45) is 0 Å². The number of nitrogens with zero attached hydrogens (tertiary/aromatic N) is 2. The van der Waals surface area contributed by atoms with E-state index in [1.165, 1.54) is 6.92 Å². The number of para-hydroxylation sites is 1. The Morgan fingerprint density at radius 1 is 1.15 bits per heavy atom. The number of carbonyl (C=O) groups excluding carboxylic acids is 3. The number of hydrogen-bond acceptors (Lipinski definition) is 7. The Labute approximate surface area is 191 Å². The number of rotatable bonds is 6. The van der Waals surface area contributed by atoms with Gasteiger partial charge in [0.1, 0.15) is 11.3 Å². The molecular weight excluding hydrogens is 422 g/mol. The number of fused-ring (bicyclic) bond motifs is 2. The third-order valence-electron chi connectivity index (χ3n) is 5.94. The van der Waals surface area contributed by atoms with Crippen molar-refractivity contribution in [3.05, 3.63) is 58.0 Å². The Bertz CT molecular complexity index is 1260. The van der Waals surface area contributed by atoms with Gasteiger partial charge in [-0.15, -0.1) is 0 Å². The van der Waals surface area contributed by atoms with Gasteiger partial charge in [0.25, 0.3) is 5.91 Å². The zero-order chi connectivity index (χ0) is 23.7. The van der Waals surface area contributed by atoms with Crippen LogP contribution in [-0.2, 0) is 17.7 Å². The average molecular weight is 450 g/mol. The lowest BCUT2D eigenvalue weighted by Crippen LogP contribution is -2.33. The number of amides is 1. The van der Waals surface area contributed by atoms with Gasteiger partial charge in [-0.05, 0) is 33.4 Å². The van der Waals surface area contributed by atoms with E-state index in [1.807, 2.05) is 24.3 Å². The molecule has 3 aromatic rings. The summed E-state index contributed by atoms with van der Waals surface area (Å²) in [7, 11) is 0. The van der Waals surface area contributed by atoms with Gasteiger partial charge in [0.2, 0.25) is 5.88 Å². The van der Waals surface area contributed by atoms with E-state index < -0.39 is 11.9 Å². The summed E-state index contributed by atoms with van der Waals surface area (Å²) < 4.78 is 10.8. The summed E-state index contributed by atoms with van der Waals surface area (Å²) in [5.74, 6) is -1.31. The molecule has 0 atom stereocenters. The molecule has 8 heteroatoms. The number of ketones is 1. The van der Waals surface area contributed by atoms with Crippen molar-refractivity contribution >= 4 is 34.4 Å². The maximum absolute atomic E-state index is 13.7. The van der Waals surface area contributed by atoms with Gasteiger partial charge < -0.3 is 9.15 Å². The summed E-state index contributed by atoms with van der Waals surface area (Å²) in [6.07, 6.45) is 0.747. The highest BCUT2D eigenvalue weighted by Crippen LogP contribution is 2.32. The molecule has 0 bridgehead atoms. The van der Waals surface area contributed by atoms with E-state index in [-0.39, 0.29) is 35.2 Å². The first-order chi connectivity index (χ1) is 15.8. The number of benzene rings is 1. The number of aryl methyl sites for hydroxylation is 1. The largest absolute Gasteiger partial charge is 0.462 e. The zero-order valence-corrected chi connectivity index (χ0v) is 19.3. The first kappa shape index (κ1) is 22.7. The number of hydrogen-bond donors (Lipinski definition) is 1. The van der Waals surface area contributed by atoms with Crippen LogP contribution >= 0.6 is 0 Å².